The summed E-state index contributed by atoms with van der Waals surface area (Å²) < 4.78 is 23.3. The van der Waals surface area contributed by atoms with E-state index in [1.807, 2.05) is 0 Å². The van der Waals surface area contributed by atoms with Crippen LogP contribution in [0.5, 0.6) is 0 Å². The highest BCUT2D eigenvalue weighted by molar-refractivity contribution is 7.91. The summed E-state index contributed by atoms with van der Waals surface area (Å²) >= 11 is 0. The molecule has 3 nitrogen and oxygen atoms in total. The van der Waals surface area contributed by atoms with Gasteiger partial charge in [0, 0.05) is 17.8 Å². The number of sulfone groups is 1. The molecule has 1 atom stereocenters. The van der Waals surface area contributed by atoms with Gasteiger partial charge in [0.05, 0.1) is 5.75 Å². The molecule has 0 aliphatic rings. The monoisotopic (exact) mass is 277 g/mol. The van der Waals surface area contributed by atoms with Gasteiger partial charge in [0.15, 0.2) is 0 Å². The fourth-order valence-corrected chi connectivity index (χ4v) is 2.65. The lowest BCUT2D eigenvalue weighted by Gasteiger charge is -2.37. The Morgan fingerprint density at radius 2 is 1.61 bits per heavy atom. The number of hydrogen-bond acceptors (Lipinski definition) is 3. The molecule has 0 saturated heterocycles. The molecule has 0 spiro atoms. The quantitative estimate of drug-likeness (QED) is 0.778. The van der Waals surface area contributed by atoms with Gasteiger partial charge < -0.3 is 5.32 Å². The zero-order valence-electron chi connectivity index (χ0n) is 13.1. The molecule has 110 valence electrons. The van der Waals surface area contributed by atoms with E-state index in [9.17, 15) is 8.42 Å². The summed E-state index contributed by atoms with van der Waals surface area (Å²) in [6.45, 7) is 15.5. The average Bonchev–Trinajstić information content (AvgIpc) is 2.22. The standard InChI is InChI=1S/C14H31NO2S/c1-8-18(16,17)10-9-14(7,12(2)3)11-15-13(4,5)6/h12,15H,8-11H2,1-7H3. The molecule has 1 N–H and O–H groups in total. The average molecular weight is 277 g/mol. The van der Waals surface area contributed by atoms with Gasteiger partial charge in [0.2, 0.25) is 0 Å². The van der Waals surface area contributed by atoms with Crippen molar-refractivity contribution < 1.29 is 8.42 Å². The van der Waals surface area contributed by atoms with E-state index in [0.29, 0.717) is 11.7 Å². The summed E-state index contributed by atoms with van der Waals surface area (Å²) in [4.78, 5) is 0. The Morgan fingerprint density at radius 3 is 1.94 bits per heavy atom. The van der Waals surface area contributed by atoms with E-state index in [1.165, 1.54) is 0 Å². The normalized spacial score (nSPS) is 16.9. The molecule has 0 aromatic rings. The third-order valence-electron chi connectivity index (χ3n) is 3.84. The van der Waals surface area contributed by atoms with Crippen LogP contribution in [0.3, 0.4) is 0 Å². The number of hydrogen-bond donors (Lipinski definition) is 1. The van der Waals surface area contributed by atoms with Crippen molar-refractivity contribution in [1.29, 1.82) is 0 Å². The van der Waals surface area contributed by atoms with E-state index in [4.69, 9.17) is 0 Å². The lowest BCUT2D eigenvalue weighted by Crippen LogP contribution is -2.45. The fourth-order valence-electron chi connectivity index (χ4n) is 1.58. The lowest BCUT2D eigenvalue weighted by atomic mass is 9.76. The molecule has 0 aromatic carbocycles. The summed E-state index contributed by atoms with van der Waals surface area (Å²) in [5.41, 5.74) is 0.0926. The van der Waals surface area contributed by atoms with E-state index < -0.39 is 9.84 Å². The second-order valence-electron chi connectivity index (χ2n) is 6.90. The molecule has 0 fully saturated rings. The van der Waals surface area contributed by atoms with Crippen LogP contribution in [-0.4, -0.2) is 32.0 Å². The minimum atomic E-state index is -2.87. The molecule has 4 heteroatoms. The molecule has 0 amide bonds. The van der Waals surface area contributed by atoms with E-state index in [-0.39, 0.29) is 16.7 Å². The topological polar surface area (TPSA) is 46.2 Å². The molecule has 0 aromatic heterocycles. The van der Waals surface area contributed by atoms with E-state index in [2.05, 4.69) is 46.9 Å². The maximum atomic E-state index is 11.6. The highest BCUT2D eigenvalue weighted by Gasteiger charge is 2.30. The van der Waals surface area contributed by atoms with Crippen LogP contribution in [0.1, 0.15) is 54.9 Å². The zero-order valence-corrected chi connectivity index (χ0v) is 13.9. The summed E-state index contributed by atoms with van der Waals surface area (Å²) in [6, 6.07) is 0. The summed E-state index contributed by atoms with van der Waals surface area (Å²) in [5, 5.41) is 3.50. The number of rotatable bonds is 7. The predicted octanol–water partition coefficient (Wildman–Crippen LogP) is 2.86. The minimum Gasteiger partial charge on any atom is -0.312 e. The number of nitrogens with one attached hydrogen (secondary N) is 1. The first-order chi connectivity index (χ1) is 7.92. The van der Waals surface area contributed by atoms with Crippen LogP contribution in [0.15, 0.2) is 0 Å². The van der Waals surface area contributed by atoms with Gasteiger partial charge in [0.1, 0.15) is 9.84 Å². The van der Waals surface area contributed by atoms with Gasteiger partial charge in [-0.05, 0) is 38.5 Å². The van der Waals surface area contributed by atoms with Gasteiger partial charge in [-0.3, -0.25) is 0 Å². The van der Waals surface area contributed by atoms with E-state index >= 15 is 0 Å². The molecule has 0 aliphatic heterocycles. The summed E-state index contributed by atoms with van der Waals surface area (Å²) in [7, 11) is -2.87. The minimum absolute atomic E-state index is 0.0233. The molecule has 0 radical (unpaired) electrons. The molecule has 0 heterocycles. The van der Waals surface area contributed by atoms with Crippen LogP contribution in [-0.2, 0) is 9.84 Å². The molecule has 0 aliphatic carbocycles. The second kappa shape index (κ2) is 6.38. The van der Waals surface area contributed by atoms with Crippen LogP contribution >= 0.6 is 0 Å². The van der Waals surface area contributed by atoms with Crippen LogP contribution in [0.4, 0.5) is 0 Å². The van der Waals surface area contributed by atoms with E-state index in [1.54, 1.807) is 6.92 Å². The molecule has 0 saturated carbocycles. The maximum absolute atomic E-state index is 11.6. The highest BCUT2D eigenvalue weighted by atomic mass is 32.2. The second-order valence-corrected chi connectivity index (χ2v) is 9.37. The van der Waals surface area contributed by atoms with Gasteiger partial charge >= 0.3 is 0 Å². The SMILES string of the molecule is CCS(=O)(=O)CCC(C)(CNC(C)(C)C)C(C)C. The molecule has 0 bridgehead atoms. The van der Waals surface area contributed by atoms with Crippen molar-refractivity contribution in [2.45, 2.75) is 60.4 Å². The maximum Gasteiger partial charge on any atom is 0.150 e. The van der Waals surface area contributed by atoms with Crippen molar-refractivity contribution in [3.05, 3.63) is 0 Å². The third kappa shape index (κ3) is 6.74. The van der Waals surface area contributed by atoms with Crippen LogP contribution in [0, 0.1) is 11.3 Å². The first-order valence-corrected chi connectivity index (χ1v) is 8.69. The Bertz CT molecular complexity index is 341. The molecule has 18 heavy (non-hydrogen) atoms. The predicted molar refractivity (Wildman–Crippen MR) is 79.6 cm³/mol. The van der Waals surface area contributed by atoms with E-state index in [0.717, 1.165) is 13.0 Å². The van der Waals surface area contributed by atoms with Crippen LogP contribution in [0.2, 0.25) is 0 Å². The first-order valence-electron chi connectivity index (χ1n) is 6.87. The Labute approximate surface area is 114 Å². The molecule has 1 unspecified atom stereocenters. The Hall–Kier alpha value is -0.0900. The molecular formula is C14H31NO2S. The largest absolute Gasteiger partial charge is 0.312 e. The van der Waals surface area contributed by atoms with Crippen molar-refractivity contribution in [2.75, 3.05) is 18.1 Å². The van der Waals surface area contributed by atoms with Crippen molar-refractivity contribution >= 4 is 9.84 Å². The summed E-state index contributed by atoms with van der Waals surface area (Å²) in [6.07, 6.45) is 0.726. The van der Waals surface area contributed by atoms with Crippen molar-refractivity contribution in [2.24, 2.45) is 11.3 Å². The Morgan fingerprint density at radius 1 is 1.11 bits per heavy atom. The van der Waals surface area contributed by atoms with Crippen LogP contribution in [0.25, 0.3) is 0 Å². The zero-order chi connectivity index (χ0) is 14.6. The Balaban J connectivity index is 4.64. The molecule has 0 rings (SSSR count). The third-order valence-corrected chi connectivity index (χ3v) is 5.55. The first kappa shape index (κ1) is 17.9. The Kier molecular flexibility index (Phi) is 6.34. The van der Waals surface area contributed by atoms with Gasteiger partial charge in [-0.15, -0.1) is 0 Å². The van der Waals surface area contributed by atoms with Crippen molar-refractivity contribution in [1.82, 2.24) is 5.32 Å². The highest BCUT2D eigenvalue weighted by Crippen LogP contribution is 2.31. The van der Waals surface area contributed by atoms with Gasteiger partial charge in [0.25, 0.3) is 0 Å². The fraction of sp³-hybridized carbons (Fsp3) is 1.00. The van der Waals surface area contributed by atoms with Gasteiger partial charge in [-0.25, -0.2) is 8.42 Å². The summed E-state index contributed by atoms with van der Waals surface area (Å²) in [5.74, 6) is 0.997. The van der Waals surface area contributed by atoms with Gasteiger partial charge in [-0.1, -0.05) is 27.7 Å². The van der Waals surface area contributed by atoms with Gasteiger partial charge in [-0.2, -0.15) is 0 Å². The van der Waals surface area contributed by atoms with Crippen molar-refractivity contribution in [3.8, 4) is 0 Å². The van der Waals surface area contributed by atoms with Crippen LogP contribution < -0.4 is 5.32 Å². The smallest absolute Gasteiger partial charge is 0.150 e. The molecular weight excluding hydrogens is 246 g/mol. The lowest BCUT2D eigenvalue weighted by molar-refractivity contribution is 0.182. The van der Waals surface area contributed by atoms with Crippen molar-refractivity contribution in [3.63, 3.8) is 0 Å².